The van der Waals surface area contributed by atoms with Gasteiger partial charge in [-0.2, -0.15) is 11.8 Å². The van der Waals surface area contributed by atoms with Gasteiger partial charge < -0.3 is 15.2 Å². The van der Waals surface area contributed by atoms with Crippen molar-refractivity contribution in [3.8, 4) is 0 Å². The minimum Gasteiger partial charge on any atom is -0.338 e. The van der Waals surface area contributed by atoms with Gasteiger partial charge in [0.05, 0.1) is 0 Å². The van der Waals surface area contributed by atoms with Crippen molar-refractivity contribution in [1.29, 1.82) is 0 Å². The number of imidazole rings is 1. The van der Waals surface area contributed by atoms with Crippen molar-refractivity contribution < 1.29 is 4.79 Å². The number of carbonyl (C=O) groups excluding carboxylic acids is 1. The van der Waals surface area contributed by atoms with Crippen molar-refractivity contribution in [3.63, 3.8) is 0 Å². The topological polar surface area (TPSA) is 59.0 Å². The van der Waals surface area contributed by atoms with Crippen LogP contribution in [0.15, 0.2) is 12.4 Å². The zero-order chi connectivity index (χ0) is 13.7. The Balaban J connectivity index is 1.68. The third-order valence-corrected chi connectivity index (χ3v) is 4.51. The summed E-state index contributed by atoms with van der Waals surface area (Å²) in [6.07, 6.45) is 8.02. The Labute approximate surface area is 118 Å². The predicted molar refractivity (Wildman–Crippen MR) is 78.4 cm³/mol. The first-order chi connectivity index (χ1) is 9.19. The fourth-order valence-corrected chi connectivity index (χ4v) is 2.47. The molecule has 1 aromatic rings. The Bertz CT molecular complexity index is 421. The molecule has 0 aromatic carbocycles. The summed E-state index contributed by atoms with van der Waals surface area (Å²) < 4.78 is 2.18. The van der Waals surface area contributed by atoms with Gasteiger partial charge in [0.2, 0.25) is 0 Å². The Kier molecular flexibility index (Phi) is 5.13. The highest BCUT2D eigenvalue weighted by Crippen LogP contribution is 2.17. The second kappa shape index (κ2) is 6.84. The van der Waals surface area contributed by atoms with Crippen LogP contribution in [0, 0.1) is 5.92 Å². The molecular weight excluding hydrogens is 260 g/mol. The number of hydrogen-bond acceptors (Lipinski definition) is 3. The molecule has 0 aliphatic carbocycles. The van der Waals surface area contributed by atoms with E-state index in [9.17, 15) is 4.79 Å². The number of hydrogen-bond donors (Lipinski definition) is 2. The van der Waals surface area contributed by atoms with E-state index in [-0.39, 0.29) is 6.03 Å². The first-order valence-corrected chi connectivity index (χ1v) is 8.02. The Morgan fingerprint density at radius 3 is 3.26 bits per heavy atom. The average Bonchev–Trinajstić information content (AvgIpc) is 2.89. The molecule has 2 amide bonds. The van der Waals surface area contributed by atoms with Crippen molar-refractivity contribution in [2.45, 2.75) is 31.6 Å². The Hall–Kier alpha value is -1.17. The molecule has 0 radical (unpaired) electrons. The number of carbonyl (C=O) groups is 1. The molecule has 0 saturated carbocycles. The Morgan fingerprint density at radius 2 is 2.47 bits per heavy atom. The smallest absolute Gasteiger partial charge is 0.314 e. The number of fused-ring (bicyclic) bond motifs is 1. The lowest BCUT2D eigenvalue weighted by Crippen LogP contribution is -2.41. The SMILES string of the molecule is CSC(C)CNC(=O)NCC1CCc2nccn2C1. The second-order valence-electron chi connectivity index (χ2n) is 5.04. The summed E-state index contributed by atoms with van der Waals surface area (Å²) in [5.74, 6) is 1.67. The quantitative estimate of drug-likeness (QED) is 0.860. The molecule has 2 rings (SSSR count). The van der Waals surface area contributed by atoms with Crippen molar-refractivity contribution in [3.05, 3.63) is 18.2 Å². The molecule has 0 saturated heterocycles. The molecule has 5 nitrogen and oxygen atoms in total. The highest BCUT2D eigenvalue weighted by Gasteiger charge is 2.19. The van der Waals surface area contributed by atoms with Crippen LogP contribution in [-0.2, 0) is 13.0 Å². The summed E-state index contributed by atoms with van der Waals surface area (Å²) in [7, 11) is 0. The highest BCUT2D eigenvalue weighted by molar-refractivity contribution is 7.99. The largest absolute Gasteiger partial charge is 0.338 e. The maximum absolute atomic E-state index is 11.7. The van der Waals surface area contributed by atoms with E-state index in [1.807, 2.05) is 12.4 Å². The molecule has 106 valence electrons. The standard InChI is InChI=1S/C13H22N4OS/c1-10(19-2)7-15-13(18)16-8-11-3-4-12-14-5-6-17(12)9-11/h5-6,10-11H,3-4,7-9H2,1-2H3,(H2,15,16,18). The van der Waals surface area contributed by atoms with E-state index in [4.69, 9.17) is 0 Å². The summed E-state index contributed by atoms with van der Waals surface area (Å²) in [5, 5.41) is 6.31. The van der Waals surface area contributed by atoms with E-state index in [1.165, 1.54) is 0 Å². The molecule has 1 aromatic heterocycles. The average molecular weight is 282 g/mol. The van der Waals surface area contributed by atoms with Gasteiger partial charge >= 0.3 is 6.03 Å². The van der Waals surface area contributed by atoms with E-state index >= 15 is 0 Å². The molecule has 19 heavy (non-hydrogen) atoms. The summed E-state index contributed by atoms with van der Waals surface area (Å²) >= 11 is 1.75. The van der Waals surface area contributed by atoms with Gasteiger partial charge in [-0.25, -0.2) is 9.78 Å². The lowest BCUT2D eigenvalue weighted by Gasteiger charge is -2.24. The van der Waals surface area contributed by atoms with E-state index in [0.29, 0.717) is 17.7 Å². The van der Waals surface area contributed by atoms with Crippen LogP contribution >= 0.6 is 11.8 Å². The van der Waals surface area contributed by atoms with Crippen molar-refractivity contribution in [2.75, 3.05) is 19.3 Å². The molecular formula is C13H22N4OS. The number of rotatable bonds is 5. The van der Waals surface area contributed by atoms with E-state index < -0.39 is 0 Å². The number of aromatic nitrogens is 2. The molecule has 0 bridgehead atoms. The monoisotopic (exact) mass is 282 g/mol. The fourth-order valence-electron chi connectivity index (χ4n) is 2.22. The fraction of sp³-hybridized carbons (Fsp3) is 0.692. The van der Waals surface area contributed by atoms with E-state index in [1.54, 1.807) is 11.8 Å². The van der Waals surface area contributed by atoms with Crippen LogP contribution in [0.25, 0.3) is 0 Å². The van der Waals surface area contributed by atoms with Crippen LogP contribution < -0.4 is 10.6 Å². The molecule has 6 heteroatoms. The number of urea groups is 1. The number of aryl methyl sites for hydroxylation is 1. The van der Waals surface area contributed by atoms with Crippen LogP contribution in [0.3, 0.4) is 0 Å². The van der Waals surface area contributed by atoms with Gasteiger partial charge in [0.25, 0.3) is 0 Å². The lowest BCUT2D eigenvalue weighted by atomic mass is 9.99. The minimum atomic E-state index is -0.0580. The van der Waals surface area contributed by atoms with Crippen LogP contribution in [0.1, 0.15) is 19.2 Å². The van der Waals surface area contributed by atoms with Crippen LogP contribution in [0.2, 0.25) is 0 Å². The number of amides is 2. The molecule has 1 aliphatic rings. The van der Waals surface area contributed by atoms with Gasteiger partial charge in [0.1, 0.15) is 5.82 Å². The molecule has 2 atom stereocenters. The van der Waals surface area contributed by atoms with Gasteiger partial charge in [-0.15, -0.1) is 0 Å². The third kappa shape index (κ3) is 4.16. The maximum atomic E-state index is 11.7. The Morgan fingerprint density at radius 1 is 1.63 bits per heavy atom. The van der Waals surface area contributed by atoms with E-state index in [2.05, 4.69) is 33.4 Å². The first-order valence-electron chi connectivity index (χ1n) is 6.73. The van der Waals surface area contributed by atoms with Crippen molar-refractivity contribution >= 4 is 17.8 Å². The molecule has 2 N–H and O–H groups in total. The summed E-state index contributed by atoms with van der Waals surface area (Å²) in [5.41, 5.74) is 0. The third-order valence-electron chi connectivity index (χ3n) is 3.54. The van der Waals surface area contributed by atoms with Gasteiger partial charge in [-0.1, -0.05) is 6.92 Å². The molecule has 1 aliphatic heterocycles. The van der Waals surface area contributed by atoms with Gasteiger partial charge in [-0.3, -0.25) is 0 Å². The van der Waals surface area contributed by atoms with Crippen LogP contribution in [0.4, 0.5) is 4.79 Å². The number of nitrogens with one attached hydrogen (secondary N) is 2. The number of nitrogens with zero attached hydrogens (tertiary/aromatic N) is 2. The van der Waals surface area contributed by atoms with Gasteiger partial charge in [0.15, 0.2) is 0 Å². The van der Waals surface area contributed by atoms with Gasteiger partial charge in [-0.05, 0) is 18.6 Å². The zero-order valence-corrected chi connectivity index (χ0v) is 12.4. The van der Waals surface area contributed by atoms with Crippen molar-refractivity contribution in [2.24, 2.45) is 5.92 Å². The summed E-state index contributed by atoms with van der Waals surface area (Å²) in [6, 6.07) is -0.0580. The minimum absolute atomic E-state index is 0.0580. The van der Waals surface area contributed by atoms with Crippen molar-refractivity contribution in [1.82, 2.24) is 20.2 Å². The van der Waals surface area contributed by atoms with Crippen LogP contribution in [0.5, 0.6) is 0 Å². The molecule has 2 unspecified atom stereocenters. The summed E-state index contributed by atoms with van der Waals surface area (Å²) in [6.45, 7) is 4.50. The van der Waals surface area contributed by atoms with E-state index in [0.717, 1.165) is 31.8 Å². The molecule has 2 heterocycles. The first kappa shape index (κ1) is 14.2. The van der Waals surface area contributed by atoms with Gasteiger partial charge in [0, 0.05) is 43.7 Å². The lowest BCUT2D eigenvalue weighted by molar-refractivity contribution is 0.236. The number of thioether (sulfide) groups is 1. The molecule has 0 fully saturated rings. The predicted octanol–water partition coefficient (Wildman–Crippen LogP) is 1.50. The highest BCUT2D eigenvalue weighted by atomic mass is 32.2. The molecule has 0 spiro atoms. The normalized spacial score (nSPS) is 19.6. The summed E-state index contributed by atoms with van der Waals surface area (Å²) in [4.78, 5) is 16.0. The zero-order valence-electron chi connectivity index (χ0n) is 11.6. The second-order valence-corrected chi connectivity index (χ2v) is 6.31. The van der Waals surface area contributed by atoms with Crippen LogP contribution in [-0.4, -0.2) is 40.2 Å². The maximum Gasteiger partial charge on any atom is 0.314 e.